The van der Waals surface area contributed by atoms with Gasteiger partial charge in [-0.15, -0.1) is 0 Å². The lowest BCUT2D eigenvalue weighted by molar-refractivity contribution is 0.0625. The van der Waals surface area contributed by atoms with Crippen molar-refractivity contribution in [3.63, 3.8) is 0 Å². The minimum atomic E-state index is 0.0557. The lowest BCUT2D eigenvalue weighted by Gasteiger charge is -2.35. The van der Waals surface area contributed by atoms with Crippen LogP contribution in [0.2, 0.25) is 0 Å². The number of rotatable bonds is 6. The minimum Gasteiger partial charge on any atom is -0.493 e. The Labute approximate surface area is 172 Å². The van der Waals surface area contributed by atoms with Crippen LogP contribution in [0.3, 0.4) is 0 Å². The summed E-state index contributed by atoms with van der Waals surface area (Å²) in [4.78, 5) is 17.2. The zero-order valence-electron chi connectivity index (χ0n) is 18.1. The molecule has 0 unspecified atom stereocenters. The summed E-state index contributed by atoms with van der Waals surface area (Å²) in [6, 6.07) is 3.89. The molecule has 7 nitrogen and oxygen atoms in total. The highest BCUT2D eigenvalue weighted by molar-refractivity contribution is 5.97. The van der Waals surface area contributed by atoms with E-state index in [1.54, 1.807) is 21.3 Å². The number of nitrogens with zero attached hydrogens (tertiary/aromatic N) is 2. The number of methoxy groups -OCH3 is 3. The van der Waals surface area contributed by atoms with Gasteiger partial charge in [0.05, 0.1) is 26.9 Å². The molecule has 0 atom stereocenters. The molecule has 0 saturated carbocycles. The zero-order chi connectivity index (χ0) is 21.1. The van der Waals surface area contributed by atoms with E-state index >= 15 is 0 Å². The lowest BCUT2D eigenvalue weighted by atomic mass is 10.1. The first-order valence-electron chi connectivity index (χ1n) is 9.77. The van der Waals surface area contributed by atoms with Gasteiger partial charge in [-0.25, -0.2) is 0 Å². The molecule has 0 radical (unpaired) electrons. The van der Waals surface area contributed by atoms with Crippen LogP contribution in [0, 0.1) is 20.8 Å². The normalized spacial score (nSPS) is 14.8. The predicted octanol–water partition coefficient (Wildman–Crippen LogP) is 3.19. The first-order valence-corrected chi connectivity index (χ1v) is 9.77. The summed E-state index contributed by atoms with van der Waals surface area (Å²) in [7, 11) is 4.85. The van der Waals surface area contributed by atoms with E-state index in [1.807, 2.05) is 37.8 Å². The molecule has 1 aromatic heterocycles. The third-order valence-electron chi connectivity index (χ3n) is 5.61. The largest absolute Gasteiger partial charge is 0.493 e. The molecule has 2 heterocycles. The van der Waals surface area contributed by atoms with Crippen LogP contribution >= 0.6 is 0 Å². The molecule has 3 rings (SSSR count). The zero-order valence-corrected chi connectivity index (χ0v) is 18.1. The van der Waals surface area contributed by atoms with Crippen molar-refractivity contribution in [2.24, 2.45) is 0 Å². The van der Waals surface area contributed by atoms with Gasteiger partial charge in [0.25, 0.3) is 5.91 Å². The Morgan fingerprint density at radius 3 is 2.10 bits per heavy atom. The van der Waals surface area contributed by atoms with E-state index in [4.69, 9.17) is 18.6 Å². The number of ether oxygens (including phenoxy) is 3. The molecule has 1 aliphatic heterocycles. The molecule has 1 fully saturated rings. The number of carbonyl (C=O) groups is 1. The number of aryl methyl sites for hydroxylation is 2. The van der Waals surface area contributed by atoms with Gasteiger partial charge in [0.15, 0.2) is 11.5 Å². The molecule has 2 aromatic rings. The number of benzene rings is 1. The Kier molecular flexibility index (Phi) is 6.37. The fourth-order valence-corrected chi connectivity index (χ4v) is 3.90. The topological polar surface area (TPSA) is 64.4 Å². The number of hydrogen-bond acceptors (Lipinski definition) is 6. The number of piperazine rings is 1. The van der Waals surface area contributed by atoms with Crippen LogP contribution in [0.1, 0.15) is 33.0 Å². The van der Waals surface area contributed by atoms with E-state index in [2.05, 4.69) is 4.90 Å². The standard InChI is InChI=1S/C22H30N2O5/c1-14-15(2)29-16(3)19(14)22(25)24-11-9-23(10-12-24)13-17-7-8-18(26-4)21(28-6)20(17)27-5/h7-8H,9-13H2,1-6H3. The van der Waals surface area contributed by atoms with E-state index in [1.165, 1.54) is 0 Å². The minimum absolute atomic E-state index is 0.0557. The molecule has 29 heavy (non-hydrogen) atoms. The molecule has 0 bridgehead atoms. The van der Waals surface area contributed by atoms with Gasteiger partial charge in [-0.1, -0.05) is 6.07 Å². The number of hydrogen-bond donors (Lipinski definition) is 0. The summed E-state index contributed by atoms with van der Waals surface area (Å²) in [6.07, 6.45) is 0. The van der Waals surface area contributed by atoms with Gasteiger partial charge in [-0.05, 0) is 26.8 Å². The molecule has 0 N–H and O–H groups in total. The maximum absolute atomic E-state index is 13.0. The average Bonchev–Trinajstić information content (AvgIpc) is 2.98. The molecule has 1 amide bonds. The molecule has 0 aliphatic carbocycles. The highest BCUT2D eigenvalue weighted by Gasteiger charge is 2.27. The Bertz CT molecular complexity index is 882. The quantitative estimate of drug-likeness (QED) is 0.739. The van der Waals surface area contributed by atoms with E-state index < -0.39 is 0 Å². The van der Waals surface area contributed by atoms with E-state index in [0.29, 0.717) is 48.2 Å². The van der Waals surface area contributed by atoms with Crippen LogP contribution in [0.5, 0.6) is 17.2 Å². The van der Waals surface area contributed by atoms with Crippen molar-refractivity contribution in [3.8, 4) is 17.2 Å². The SMILES string of the molecule is COc1ccc(CN2CCN(C(=O)c3c(C)oc(C)c3C)CC2)c(OC)c1OC. The van der Waals surface area contributed by atoms with Crippen LogP contribution < -0.4 is 14.2 Å². The van der Waals surface area contributed by atoms with Gasteiger partial charge >= 0.3 is 0 Å². The second kappa shape index (κ2) is 8.78. The lowest BCUT2D eigenvalue weighted by Crippen LogP contribution is -2.48. The first-order chi connectivity index (χ1) is 13.9. The number of amides is 1. The molecular formula is C22H30N2O5. The Morgan fingerprint density at radius 1 is 0.931 bits per heavy atom. The second-order valence-corrected chi connectivity index (χ2v) is 7.28. The van der Waals surface area contributed by atoms with Crippen LogP contribution in [0.4, 0.5) is 0 Å². The second-order valence-electron chi connectivity index (χ2n) is 7.28. The van der Waals surface area contributed by atoms with Crippen molar-refractivity contribution in [2.45, 2.75) is 27.3 Å². The van der Waals surface area contributed by atoms with Crippen molar-refractivity contribution in [1.29, 1.82) is 0 Å². The summed E-state index contributed by atoms with van der Waals surface area (Å²) >= 11 is 0. The fraction of sp³-hybridized carbons (Fsp3) is 0.500. The summed E-state index contributed by atoms with van der Waals surface area (Å²) in [6.45, 7) is 9.35. The van der Waals surface area contributed by atoms with Crippen LogP contribution in [0.15, 0.2) is 16.5 Å². The van der Waals surface area contributed by atoms with E-state index in [0.717, 1.165) is 30.0 Å². The molecule has 158 valence electrons. The van der Waals surface area contributed by atoms with Gasteiger partial charge in [0.1, 0.15) is 11.5 Å². The third-order valence-corrected chi connectivity index (χ3v) is 5.61. The Morgan fingerprint density at radius 2 is 1.59 bits per heavy atom. The molecule has 7 heteroatoms. The van der Waals surface area contributed by atoms with Gasteiger partial charge in [-0.2, -0.15) is 0 Å². The maximum atomic E-state index is 13.0. The smallest absolute Gasteiger partial charge is 0.257 e. The summed E-state index contributed by atoms with van der Waals surface area (Å²) in [5.41, 5.74) is 2.67. The average molecular weight is 402 g/mol. The molecular weight excluding hydrogens is 372 g/mol. The third kappa shape index (κ3) is 4.05. The van der Waals surface area contributed by atoms with Crippen LogP contribution in [0.25, 0.3) is 0 Å². The number of furan rings is 1. The molecule has 0 spiro atoms. The summed E-state index contributed by atoms with van der Waals surface area (Å²) in [5, 5.41) is 0. The van der Waals surface area contributed by atoms with Gasteiger partial charge in [-0.3, -0.25) is 9.69 Å². The first kappa shape index (κ1) is 21.0. The maximum Gasteiger partial charge on any atom is 0.257 e. The Balaban J connectivity index is 1.68. The van der Waals surface area contributed by atoms with Gasteiger partial charge in [0, 0.05) is 43.9 Å². The Hall–Kier alpha value is -2.67. The van der Waals surface area contributed by atoms with Crippen molar-refractivity contribution in [3.05, 3.63) is 40.3 Å². The van der Waals surface area contributed by atoms with Crippen LogP contribution in [-0.4, -0.2) is 63.2 Å². The monoisotopic (exact) mass is 402 g/mol. The summed E-state index contributed by atoms with van der Waals surface area (Å²) in [5.74, 6) is 3.49. The fourth-order valence-electron chi connectivity index (χ4n) is 3.90. The number of carbonyl (C=O) groups excluding carboxylic acids is 1. The molecule has 1 saturated heterocycles. The highest BCUT2D eigenvalue weighted by Crippen LogP contribution is 2.40. The van der Waals surface area contributed by atoms with Gasteiger partial charge < -0.3 is 23.5 Å². The van der Waals surface area contributed by atoms with Crippen molar-refractivity contribution in [1.82, 2.24) is 9.80 Å². The highest BCUT2D eigenvalue weighted by atomic mass is 16.5. The van der Waals surface area contributed by atoms with Gasteiger partial charge in [0.2, 0.25) is 5.75 Å². The van der Waals surface area contributed by atoms with Crippen LogP contribution in [-0.2, 0) is 6.54 Å². The van der Waals surface area contributed by atoms with Crippen molar-refractivity contribution in [2.75, 3.05) is 47.5 Å². The van der Waals surface area contributed by atoms with Crippen molar-refractivity contribution < 1.29 is 23.4 Å². The van der Waals surface area contributed by atoms with E-state index in [-0.39, 0.29) is 5.91 Å². The van der Waals surface area contributed by atoms with Crippen molar-refractivity contribution >= 4 is 5.91 Å². The molecule has 1 aliphatic rings. The predicted molar refractivity (Wildman–Crippen MR) is 110 cm³/mol. The molecule has 1 aromatic carbocycles. The summed E-state index contributed by atoms with van der Waals surface area (Å²) < 4.78 is 22.1. The van der Waals surface area contributed by atoms with E-state index in [9.17, 15) is 4.79 Å².